The lowest BCUT2D eigenvalue weighted by Crippen LogP contribution is -2.41. The second-order valence-corrected chi connectivity index (χ2v) is 6.72. The molecule has 0 saturated heterocycles. The van der Waals surface area contributed by atoms with Crippen molar-refractivity contribution in [3.8, 4) is 6.07 Å². The number of nitrogens with zero attached hydrogens (tertiary/aromatic N) is 1. The van der Waals surface area contributed by atoms with Gasteiger partial charge < -0.3 is 4.74 Å². The van der Waals surface area contributed by atoms with Gasteiger partial charge in [0.25, 0.3) is 0 Å². The molecule has 24 heavy (non-hydrogen) atoms. The summed E-state index contributed by atoms with van der Waals surface area (Å²) in [6, 6.07) is 18.3. The average Bonchev–Trinajstić information content (AvgIpc) is 2.59. The number of carbonyl (C=O) groups excluding carboxylic acids is 1. The monoisotopic (exact) mass is 319 g/mol. The molecular formula is C21H21NO2. The maximum absolute atomic E-state index is 12.3. The quantitative estimate of drug-likeness (QED) is 0.801. The van der Waals surface area contributed by atoms with Crippen LogP contribution in [0.5, 0.6) is 0 Å². The summed E-state index contributed by atoms with van der Waals surface area (Å²) in [5.74, 6) is -0.344. The number of esters is 1. The topological polar surface area (TPSA) is 50.1 Å². The third-order valence-electron chi connectivity index (χ3n) is 5.03. The summed E-state index contributed by atoms with van der Waals surface area (Å²) in [4.78, 5) is 12.3. The maximum Gasteiger partial charge on any atom is 0.308 e. The van der Waals surface area contributed by atoms with Crippen molar-refractivity contribution in [3.05, 3.63) is 70.8 Å². The Labute approximate surface area is 142 Å². The molecule has 1 aliphatic rings. The van der Waals surface area contributed by atoms with Crippen molar-refractivity contribution in [2.45, 2.75) is 38.0 Å². The Kier molecular flexibility index (Phi) is 3.93. The third kappa shape index (κ3) is 2.22. The van der Waals surface area contributed by atoms with Crippen LogP contribution in [0.25, 0.3) is 0 Å². The first kappa shape index (κ1) is 16.3. The zero-order valence-corrected chi connectivity index (χ0v) is 14.3. The molecule has 1 aliphatic carbocycles. The van der Waals surface area contributed by atoms with E-state index in [1.807, 2.05) is 36.4 Å². The molecule has 3 heteroatoms. The fraction of sp³-hybridized carbons (Fsp3) is 0.333. The number of ether oxygens (including phenoxy) is 1. The van der Waals surface area contributed by atoms with Crippen LogP contribution in [0.15, 0.2) is 48.5 Å². The first-order valence-electron chi connectivity index (χ1n) is 8.24. The number of hydrogen-bond acceptors (Lipinski definition) is 3. The van der Waals surface area contributed by atoms with Gasteiger partial charge in [-0.05, 0) is 29.2 Å². The minimum absolute atomic E-state index is 0.0292. The van der Waals surface area contributed by atoms with E-state index in [1.165, 1.54) is 0 Å². The van der Waals surface area contributed by atoms with Crippen LogP contribution in [0.3, 0.4) is 0 Å². The van der Waals surface area contributed by atoms with Crippen LogP contribution in [0.4, 0.5) is 0 Å². The Morgan fingerprint density at radius 2 is 1.46 bits per heavy atom. The fourth-order valence-corrected chi connectivity index (χ4v) is 3.87. The van der Waals surface area contributed by atoms with Gasteiger partial charge >= 0.3 is 5.97 Å². The van der Waals surface area contributed by atoms with Crippen LogP contribution in [0.1, 0.15) is 49.4 Å². The van der Waals surface area contributed by atoms with E-state index in [-0.39, 0.29) is 17.8 Å². The van der Waals surface area contributed by atoms with Gasteiger partial charge in [0.15, 0.2) is 0 Å². The number of rotatable bonds is 3. The van der Waals surface area contributed by atoms with Gasteiger partial charge in [0, 0.05) is 5.41 Å². The second-order valence-electron chi connectivity index (χ2n) is 6.72. The van der Waals surface area contributed by atoms with E-state index in [9.17, 15) is 10.1 Å². The van der Waals surface area contributed by atoms with E-state index in [2.05, 4.69) is 32.0 Å². The van der Waals surface area contributed by atoms with Crippen molar-refractivity contribution in [1.82, 2.24) is 0 Å². The standard InChI is InChI=1S/C21H21NO2/c1-4-24-19(23)13-21(14-22)17-11-7-5-9-15(17)20(2,3)16-10-6-8-12-18(16)21/h5-12H,4,13H2,1-3H3. The summed E-state index contributed by atoms with van der Waals surface area (Å²) in [5.41, 5.74) is 2.77. The van der Waals surface area contributed by atoms with Gasteiger partial charge in [-0.1, -0.05) is 62.4 Å². The number of hydrogen-bond donors (Lipinski definition) is 0. The maximum atomic E-state index is 12.3. The molecule has 0 bridgehead atoms. The van der Waals surface area contributed by atoms with Gasteiger partial charge in [0.2, 0.25) is 0 Å². The molecule has 2 aromatic carbocycles. The van der Waals surface area contributed by atoms with Crippen molar-refractivity contribution < 1.29 is 9.53 Å². The second kappa shape index (κ2) is 5.79. The van der Waals surface area contributed by atoms with E-state index in [0.717, 1.165) is 22.3 Å². The van der Waals surface area contributed by atoms with Gasteiger partial charge in [-0.15, -0.1) is 0 Å². The van der Waals surface area contributed by atoms with E-state index < -0.39 is 5.41 Å². The van der Waals surface area contributed by atoms with Crippen LogP contribution >= 0.6 is 0 Å². The Morgan fingerprint density at radius 3 is 1.88 bits per heavy atom. The highest BCUT2D eigenvalue weighted by molar-refractivity contribution is 5.76. The van der Waals surface area contributed by atoms with E-state index >= 15 is 0 Å². The van der Waals surface area contributed by atoms with Gasteiger partial charge in [-0.25, -0.2) is 0 Å². The highest BCUT2D eigenvalue weighted by Gasteiger charge is 2.48. The molecule has 0 aliphatic heterocycles. The summed E-state index contributed by atoms with van der Waals surface area (Å²) >= 11 is 0. The first-order valence-corrected chi connectivity index (χ1v) is 8.24. The zero-order valence-electron chi connectivity index (χ0n) is 14.3. The lowest BCUT2D eigenvalue weighted by atomic mass is 9.58. The summed E-state index contributed by atoms with van der Waals surface area (Å²) in [6.07, 6.45) is 0.0292. The molecule has 0 saturated carbocycles. The van der Waals surface area contributed by atoms with Crippen LogP contribution in [0, 0.1) is 11.3 Å². The summed E-state index contributed by atoms with van der Waals surface area (Å²) in [6.45, 7) is 6.42. The molecule has 0 atom stereocenters. The Bertz CT molecular complexity index is 780. The summed E-state index contributed by atoms with van der Waals surface area (Å²) in [5, 5.41) is 10.2. The van der Waals surface area contributed by atoms with Crippen LogP contribution in [-0.4, -0.2) is 12.6 Å². The van der Waals surface area contributed by atoms with Gasteiger partial charge in [-0.3, -0.25) is 4.79 Å². The lowest BCUT2D eigenvalue weighted by molar-refractivity contribution is -0.143. The minimum Gasteiger partial charge on any atom is -0.466 e. The molecule has 0 radical (unpaired) electrons. The predicted molar refractivity (Wildman–Crippen MR) is 92.7 cm³/mol. The molecule has 0 N–H and O–H groups in total. The molecule has 122 valence electrons. The SMILES string of the molecule is CCOC(=O)CC1(C#N)c2ccccc2C(C)(C)c2ccccc21. The zero-order chi connectivity index (χ0) is 17.4. The molecule has 3 nitrogen and oxygen atoms in total. The molecule has 0 amide bonds. The van der Waals surface area contributed by atoms with Crippen molar-refractivity contribution in [2.24, 2.45) is 0 Å². The average molecular weight is 319 g/mol. The molecular weight excluding hydrogens is 298 g/mol. The largest absolute Gasteiger partial charge is 0.466 e. The molecule has 0 aromatic heterocycles. The predicted octanol–water partition coefficient (Wildman–Crippen LogP) is 4.09. The van der Waals surface area contributed by atoms with Crippen molar-refractivity contribution in [2.75, 3.05) is 6.61 Å². The van der Waals surface area contributed by atoms with Crippen LogP contribution in [0.2, 0.25) is 0 Å². The van der Waals surface area contributed by atoms with Crippen molar-refractivity contribution >= 4 is 5.97 Å². The Morgan fingerprint density at radius 1 is 1.00 bits per heavy atom. The Hall–Kier alpha value is -2.60. The lowest BCUT2D eigenvalue weighted by Gasteiger charge is -2.43. The molecule has 0 heterocycles. The normalized spacial score (nSPS) is 16.4. The number of nitriles is 1. The van der Waals surface area contributed by atoms with Crippen LogP contribution < -0.4 is 0 Å². The fourth-order valence-electron chi connectivity index (χ4n) is 3.87. The molecule has 0 unspecified atom stereocenters. The number of fused-ring (bicyclic) bond motifs is 2. The smallest absolute Gasteiger partial charge is 0.308 e. The number of carbonyl (C=O) groups is 1. The van der Waals surface area contributed by atoms with Crippen molar-refractivity contribution in [1.29, 1.82) is 5.26 Å². The van der Waals surface area contributed by atoms with E-state index in [4.69, 9.17) is 4.74 Å². The summed E-state index contributed by atoms with van der Waals surface area (Å²) in [7, 11) is 0. The van der Waals surface area contributed by atoms with E-state index in [0.29, 0.717) is 6.61 Å². The van der Waals surface area contributed by atoms with Gasteiger partial charge in [0.1, 0.15) is 5.41 Å². The van der Waals surface area contributed by atoms with Gasteiger partial charge in [-0.2, -0.15) is 5.26 Å². The Balaban J connectivity index is 2.31. The molecule has 0 spiro atoms. The van der Waals surface area contributed by atoms with E-state index in [1.54, 1.807) is 6.92 Å². The minimum atomic E-state index is -1.00. The molecule has 0 fully saturated rings. The summed E-state index contributed by atoms with van der Waals surface area (Å²) < 4.78 is 5.16. The molecule has 2 aromatic rings. The highest BCUT2D eigenvalue weighted by Crippen LogP contribution is 2.51. The van der Waals surface area contributed by atoms with Gasteiger partial charge in [0.05, 0.1) is 19.1 Å². The highest BCUT2D eigenvalue weighted by atomic mass is 16.5. The number of benzene rings is 2. The first-order chi connectivity index (χ1) is 11.5. The van der Waals surface area contributed by atoms with Crippen LogP contribution in [-0.2, 0) is 20.4 Å². The van der Waals surface area contributed by atoms with Crippen molar-refractivity contribution in [3.63, 3.8) is 0 Å². The third-order valence-corrected chi connectivity index (χ3v) is 5.03. The molecule has 3 rings (SSSR count).